The van der Waals surface area contributed by atoms with E-state index in [0.29, 0.717) is 0 Å². The van der Waals surface area contributed by atoms with Gasteiger partial charge in [-0.05, 0) is 36.5 Å². The molecular weight excluding hydrogens is 231 g/mol. The van der Waals surface area contributed by atoms with Crippen LogP contribution in [0.3, 0.4) is 0 Å². The van der Waals surface area contributed by atoms with E-state index in [9.17, 15) is 0 Å². The summed E-state index contributed by atoms with van der Waals surface area (Å²) in [5.74, 6) is 0. The molecule has 16 heavy (non-hydrogen) atoms. The monoisotopic (exact) mass is 254 g/mol. The van der Waals surface area contributed by atoms with Crippen LogP contribution < -0.4 is 5.30 Å². The molecule has 0 radical (unpaired) electrons. The highest BCUT2D eigenvalue weighted by molar-refractivity contribution is 8.18. The van der Waals surface area contributed by atoms with Crippen molar-refractivity contribution in [1.29, 1.82) is 0 Å². The van der Waals surface area contributed by atoms with Gasteiger partial charge >= 0.3 is 0 Å². The highest BCUT2D eigenvalue weighted by Gasteiger charge is 2.17. The van der Waals surface area contributed by atoms with E-state index >= 15 is 0 Å². The van der Waals surface area contributed by atoms with Gasteiger partial charge in [0.05, 0.1) is 0 Å². The predicted octanol–water partition coefficient (Wildman–Crippen LogP) is 4.39. The summed E-state index contributed by atoms with van der Waals surface area (Å²) in [4.78, 5) is 0. The van der Waals surface area contributed by atoms with Crippen molar-refractivity contribution in [3.63, 3.8) is 0 Å². The summed E-state index contributed by atoms with van der Waals surface area (Å²) in [6, 6.07) is 9.57. The Morgan fingerprint density at radius 2 is 1.44 bits per heavy atom. The number of rotatable bonds is 7. The molecule has 0 spiro atoms. The summed E-state index contributed by atoms with van der Waals surface area (Å²) >= 11 is 6.01. The Labute approximate surface area is 105 Å². The fourth-order valence-corrected chi connectivity index (χ4v) is 6.15. The Morgan fingerprint density at radius 3 is 1.88 bits per heavy atom. The lowest BCUT2D eigenvalue weighted by atomic mass is 10.4. The lowest BCUT2D eigenvalue weighted by molar-refractivity contribution is 0.870. The largest absolute Gasteiger partial charge is 0.0926 e. The number of hydrogen-bond donors (Lipinski definition) is 0. The SMILES string of the molecule is CCCCP(=S)(CCCC)c1ccccc1. The van der Waals surface area contributed by atoms with Crippen molar-refractivity contribution >= 4 is 23.1 Å². The molecule has 1 aromatic carbocycles. The molecule has 0 saturated heterocycles. The van der Waals surface area contributed by atoms with E-state index < -0.39 is 6.04 Å². The Kier molecular flexibility index (Phi) is 6.31. The zero-order valence-electron chi connectivity index (χ0n) is 10.5. The third kappa shape index (κ3) is 4.03. The Bertz CT molecular complexity index is 320. The first-order valence-corrected chi connectivity index (χ1v) is 9.54. The molecule has 0 nitrogen and oxygen atoms in total. The average molecular weight is 254 g/mol. The van der Waals surface area contributed by atoms with Crippen LogP contribution in [0, 0.1) is 0 Å². The molecule has 0 atom stereocenters. The first-order chi connectivity index (χ1) is 7.73. The van der Waals surface area contributed by atoms with Crippen LogP contribution in [-0.4, -0.2) is 12.3 Å². The summed E-state index contributed by atoms with van der Waals surface area (Å²) < 4.78 is 0. The van der Waals surface area contributed by atoms with Gasteiger partial charge in [-0.25, -0.2) is 0 Å². The molecule has 0 fully saturated rings. The molecule has 0 aliphatic carbocycles. The lowest BCUT2D eigenvalue weighted by Gasteiger charge is -2.22. The summed E-state index contributed by atoms with van der Waals surface area (Å²) in [6.07, 6.45) is 7.60. The van der Waals surface area contributed by atoms with Crippen LogP contribution in [-0.2, 0) is 11.8 Å². The summed E-state index contributed by atoms with van der Waals surface area (Å²) in [5, 5.41) is 1.45. The van der Waals surface area contributed by atoms with Crippen molar-refractivity contribution < 1.29 is 0 Å². The van der Waals surface area contributed by atoms with Crippen molar-refractivity contribution in [2.75, 3.05) is 12.3 Å². The third-order valence-electron chi connectivity index (χ3n) is 2.97. The summed E-state index contributed by atoms with van der Waals surface area (Å²) in [6.45, 7) is 4.51. The Hall–Kier alpha value is -0.130. The molecule has 1 aromatic rings. The predicted molar refractivity (Wildman–Crippen MR) is 79.9 cm³/mol. The second-order valence-electron chi connectivity index (χ2n) is 4.38. The average Bonchev–Trinajstić information content (AvgIpc) is 2.35. The highest BCUT2D eigenvalue weighted by Crippen LogP contribution is 2.46. The van der Waals surface area contributed by atoms with Crippen LogP contribution in [0.4, 0.5) is 0 Å². The van der Waals surface area contributed by atoms with Gasteiger partial charge in [0.2, 0.25) is 0 Å². The highest BCUT2D eigenvalue weighted by atomic mass is 32.4. The molecule has 0 aromatic heterocycles. The molecule has 0 aliphatic rings. The molecule has 0 amide bonds. The summed E-state index contributed by atoms with van der Waals surface area (Å²) in [7, 11) is 0. The van der Waals surface area contributed by atoms with E-state index in [2.05, 4.69) is 44.2 Å². The smallest absolute Gasteiger partial charge is 0.0142 e. The Morgan fingerprint density at radius 1 is 0.938 bits per heavy atom. The maximum Gasteiger partial charge on any atom is -0.0142 e. The van der Waals surface area contributed by atoms with E-state index in [1.807, 2.05) is 0 Å². The molecule has 0 saturated carbocycles. The van der Waals surface area contributed by atoms with Crippen molar-refractivity contribution in [2.24, 2.45) is 0 Å². The van der Waals surface area contributed by atoms with E-state index in [0.717, 1.165) is 0 Å². The minimum Gasteiger partial charge on any atom is -0.0926 e. The maximum absolute atomic E-state index is 6.01. The Balaban J connectivity index is 2.82. The van der Waals surface area contributed by atoms with Crippen LogP contribution in [0.1, 0.15) is 39.5 Å². The molecule has 0 aliphatic heterocycles. The van der Waals surface area contributed by atoms with Gasteiger partial charge in [0.25, 0.3) is 0 Å². The van der Waals surface area contributed by atoms with Crippen LogP contribution in [0.5, 0.6) is 0 Å². The fourth-order valence-electron chi connectivity index (χ4n) is 1.90. The lowest BCUT2D eigenvalue weighted by Crippen LogP contribution is -2.10. The zero-order valence-corrected chi connectivity index (χ0v) is 12.2. The van der Waals surface area contributed by atoms with Gasteiger partial charge in [-0.1, -0.05) is 68.8 Å². The first-order valence-electron chi connectivity index (χ1n) is 6.36. The second-order valence-corrected chi connectivity index (χ2v) is 9.67. The summed E-state index contributed by atoms with van der Waals surface area (Å²) in [5.41, 5.74) is 0. The normalized spacial score (nSPS) is 11.6. The van der Waals surface area contributed by atoms with E-state index in [1.54, 1.807) is 0 Å². The first kappa shape index (κ1) is 13.9. The van der Waals surface area contributed by atoms with E-state index in [1.165, 1.54) is 43.3 Å². The van der Waals surface area contributed by atoms with Crippen LogP contribution in [0.25, 0.3) is 0 Å². The fraction of sp³-hybridized carbons (Fsp3) is 0.571. The van der Waals surface area contributed by atoms with Gasteiger partial charge in [0, 0.05) is 0 Å². The third-order valence-corrected chi connectivity index (χ3v) is 8.02. The molecule has 1 rings (SSSR count). The number of benzene rings is 1. The molecule has 2 heteroatoms. The van der Waals surface area contributed by atoms with Crippen molar-refractivity contribution in [3.8, 4) is 0 Å². The standard InChI is InChI=1S/C14H23PS/c1-3-5-12-15(16,13-6-4-2)14-10-8-7-9-11-14/h7-11H,3-6,12-13H2,1-2H3. The zero-order chi connectivity index (χ0) is 11.9. The molecule has 0 N–H and O–H groups in total. The van der Waals surface area contributed by atoms with Gasteiger partial charge in [-0.3, -0.25) is 0 Å². The van der Waals surface area contributed by atoms with Gasteiger partial charge in [-0.2, -0.15) is 0 Å². The quantitative estimate of drug-likeness (QED) is 0.650. The van der Waals surface area contributed by atoms with Gasteiger partial charge in [0.15, 0.2) is 0 Å². The second kappa shape index (κ2) is 7.25. The van der Waals surface area contributed by atoms with Gasteiger partial charge in [-0.15, -0.1) is 0 Å². The van der Waals surface area contributed by atoms with Crippen molar-refractivity contribution in [2.45, 2.75) is 39.5 Å². The van der Waals surface area contributed by atoms with Gasteiger partial charge in [0.1, 0.15) is 0 Å². The molecule has 0 unspecified atom stereocenters. The van der Waals surface area contributed by atoms with Crippen LogP contribution >= 0.6 is 6.04 Å². The molecule has 0 heterocycles. The van der Waals surface area contributed by atoms with Crippen LogP contribution in [0.15, 0.2) is 30.3 Å². The van der Waals surface area contributed by atoms with Crippen LogP contribution in [0.2, 0.25) is 0 Å². The van der Waals surface area contributed by atoms with Crippen molar-refractivity contribution in [1.82, 2.24) is 0 Å². The topological polar surface area (TPSA) is 0 Å². The van der Waals surface area contributed by atoms with E-state index in [-0.39, 0.29) is 0 Å². The van der Waals surface area contributed by atoms with E-state index in [4.69, 9.17) is 11.8 Å². The number of unbranched alkanes of at least 4 members (excludes halogenated alkanes) is 2. The maximum atomic E-state index is 6.01. The van der Waals surface area contributed by atoms with Crippen molar-refractivity contribution in [3.05, 3.63) is 30.3 Å². The van der Waals surface area contributed by atoms with Gasteiger partial charge < -0.3 is 0 Å². The minimum absolute atomic E-state index is 1.25. The molecule has 0 bridgehead atoms. The molecule has 90 valence electrons. The molecular formula is C14H23PS. The minimum atomic E-state index is -1.27. The number of hydrogen-bond acceptors (Lipinski definition) is 1.